The first kappa shape index (κ1) is 9.64. The minimum Gasteiger partial charge on any atom is -0.396 e. The van der Waals surface area contributed by atoms with Crippen molar-refractivity contribution < 1.29 is 10.2 Å². The summed E-state index contributed by atoms with van der Waals surface area (Å²) in [6.07, 6.45) is 2.15. The number of hydrogen-bond donors (Lipinski definition) is 2. The molecule has 0 bridgehead atoms. The van der Waals surface area contributed by atoms with Gasteiger partial charge in [-0.15, -0.1) is 0 Å². The van der Waals surface area contributed by atoms with Gasteiger partial charge in [-0.2, -0.15) is 0 Å². The fourth-order valence-electron chi connectivity index (χ4n) is 0.977. The fourth-order valence-corrected chi connectivity index (χ4v) is 1.36. The Morgan fingerprint density at radius 1 is 1.42 bits per heavy atom. The number of aromatic nitrogens is 1. The van der Waals surface area contributed by atoms with Crippen LogP contribution < -0.4 is 0 Å². The molecule has 0 unspecified atom stereocenters. The Balaban J connectivity index is 2.94. The molecule has 0 fully saturated rings. The Morgan fingerprint density at radius 3 is 2.75 bits per heavy atom. The van der Waals surface area contributed by atoms with Crippen LogP contribution in [0.1, 0.15) is 11.3 Å². The second-order valence-corrected chi connectivity index (χ2v) is 3.31. The van der Waals surface area contributed by atoms with E-state index in [2.05, 4.69) is 20.9 Å². The van der Waals surface area contributed by atoms with Crippen molar-refractivity contribution in [2.45, 2.75) is 13.0 Å². The highest BCUT2D eigenvalue weighted by atomic mass is 79.9. The summed E-state index contributed by atoms with van der Waals surface area (Å²) in [5.41, 5.74) is 1.52. The molecular weight excluding hydrogens is 222 g/mol. The average Bonchev–Trinajstić information content (AvgIpc) is 2.08. The molecule has 0 saturated carbocycles. The van der Waals surface area contributed by atoms with E-state index < -0.39 is 0 Å². The van der Waals surface area contributed by atoms with Crippen LogP contribution >= 0.6 is 15.9 Å². The summed E-state index contributed by atoms with van der Waals surface area (Å²) < 4.78 is 0.841. The molecule has 1 aromatic rings. The van der Waals surface area contributed by atoms with Crippen molar-refractivity contribution in [2.24, 2.45) is 0 Å². The van der Waals surface area contributed by atoms with Crippen LogP contribution in [-0.4, -0.2) is 21.8 Å². The van der Waals surface area contributed by atoms with Gasteiger partial charge >= 0.3 is 0 Å². The second-order valence-electron chi connectivity index (χ2n) is 2.39. The molecule has 12 heavy (non-hydrogen) atoms. The van der Waals surface area contributed by atoms with Crippen LogP contribution in [0.4, 0.5) is 0 Å². The maximum atomic E-state index is 8.93. The summed E-state index contributed by atoms with van der Waals surface area (Å²) in [7, 11) is 0. The normalized spacial score (nSPS) is 10.2. The zero-order chi connectivity index (χ0) is 8.97. The van der Waals surface area contributed by atoms with Crippen molar-refractivity contribution in [3.05, 3.63) is 28.0 Å². The van der Waals surface area contributed by atoms with E-state index in [1.54, 1.807) is 12.3 Å². The first-order valence-corrected chi connectivity index (χ1v) is 4.42. The van der Waals surface area contributed by atoms with Gasteiger partial charge in [0.2, 0.25) is 0 Å². The summed E-state index contributed by atoms with van der Waals surface area (Å²) in [4.78, 5) is 4.07. The number of rotatable bonds is 3. The zero-order valence-corrected chi connectivity index (χ0v) is 8.08. The van der Waals surface area contributed by atoms with Crippen molar-refractivity contribution in [1.29, 1.82) is 0 Å². The highest BCUT2D eigenvalue weighted by Crippen LogP contribution is 2.14. The molecule has 0 aliphatic heterocycles. The number of nitrogens with zero attached hydrogens (tertiary/aromatic N) is 1. The SMILES string of the molecule is OCCc1ncc(Br)cc1CO. The predicted molar refractivity (Wildman–Crippen MR) is 48.6 cm³/mol. The van der Waals surface area contributed by atoms with E-state index in [0.29, 0.717) is 6.42 Å². The monoisotopic (exact) mass is 231 g/mol. The minimum atomic E-state index is -0.0399. The maximum Gasteiger partial charge on any atom is 0.0700 e. The quantitative estimate of drug-likeness (QED) is 0.812. The molecule has 1 rings (SSSR count). The predicted octanol–water partition coefficient (Wildman–Crippen LogP) is 0.871. The smallest absolute Gasteiger partial charge is 0.0700 e. The van der Waals surface area contributed by atoms with Crippen molar-refractivity contribution >= 4 is 15.9 Å². The summed E-state index contributed by atoms with van der Waals surface area (Å²) in [6.45, 7) is 0.0173. The molecule has 3 nitrogen and oxygen atoms in total. The van der Waals surface area contributed by atoms with Gasteiger partial charge < -0.3 is 10.2 Å². The standard InChI is InChI=1S/C8H10BrNO2/c9-7-3-6(5-12)8(1-2-11)10-4-7/h3-4,11-12H,1-2,5H2. The molecule has 66 valence electrons. The first-order chi connectivity index (χ1) is 5.77. The number of hydrogen-bond acceptors (Lipinski definition) is 3. The van der Waals surface area contributed by atoms with Gasteiger partial charge in [0.15, 0.2) is 0 Å². The number of pyridine rings is 1. The highest BCUT2D eigenvalue weighted by molar-refractivity contribution is 9.10. The Kier molecular flexibility index (Phi) is 3.65. The lowest BCUT2D eigenvalue weighted by atomic mass is 10.1. The summed E-state index contributed by atoms with van der Waals surface area (Å²) in [5, 5.41) is 17.6. The Hall–Kier alpha value is -0.450. The van der Waals surface area contributed by atoms with E-state index in [9.17, 15) is 0 Å². The minimum absolute atomic E-state index is 0.0399. The van der Waals surface area contributed by atoms with Gasteiger partial charge in [0.1, 0.15) is 0 Å². The van der Waals surface area contributed by atoms with Crippen LogP contribution in [0.3, 0.4) is 0 Å². The molecule has 0 amide bonds. The van der Waals surface area contributed by atoms with Crippen molar-refractivity contribution in [3.63, 3.8) is 0 Å². The molecule has 0 spiro atoms. The lowest BCUT2D eigenvalue weighted by molar-refractivity contribution is 0.274. The summed E-state index contributed by atoms with van der Waals surface area (Å²) >= 11 is 3.25. The van der Waals surface area contributed by atoms with Gasteiger partial charge in [0.25, 0.3) is 0 Å². The van der Waals surface area contributed by atoms with E-state index in [4.69, 9.17) is 10.2 Å². The average molecular weight is 232 g/mol. The Labute approximate surface area is 79.2 Å². The van der Waals surface area contributed by atoms with E-state index in [1.807, 2.05) is 0 Å². The topological polar surface area (TPSA) is 53.4 Å². The van der Waals surface area contributed by atoms with Crippen molar-refractivity contribution in [1.82, 2.24) is 4.98 Å². The van der Waals surface area contributed by atoms with Crippen LogP contribution in [0.25, 0.3) is 0 Å². The molecule has 0 aliphatic rings. The van der Waals surface area contributed by atoms with Gasteiger partial charge in [0.05, 0.1) is 6.61 Å². The van der Waals surface area contributed by atoms with E-state index >= 15 is 0 Å². The third-order valence-corrected chi connectivity index (χ3v) is 1.98. The lowest BCUT2D eigenvalue weighted by Gasteiger charge is -2.04. The molecule has 4 heteroatoms. The van der Waals surface area contributed by atoms with Gasteiger partial charge in [0, 0.05) is 35.0 Å². The van der Waals surface area contributed by atoms with E-state index in [0.717, 1.165) is 15.7 Å². The number of halogens is 1. The van der Waals surface area contributed by atoms with Gasteiger partial charge in [-0.05, 0) is 22.0 Å². The molecule has 0 radical (unpaired) electrons. The van der Waals surface area contributed by atoms with Crippen molar-refractivity contribution in [2.75, 3.05) is 6.61 Å². The van der Waals surface area contributed by atoms with Crippen LogP contribution in [0.5, 0.6) is 0 Å². The van der Waals surface area contributed by atoms with Crippen molar-refractivity contribution in [3.8, 4) is 0 Å². The lowest BCUT2D eigenvalue weighted by Crippen LogP contribution is -2.00. The molecule has 0 aliphatic carbocycles. The Morgan fingerprint density at radius 2 is 2.17 bits per heavy atom. The van der Waals surface area contributed by atoms with Gasteiger partial charge in [-0.3, -0.25) is 4.98 Å². The zero-order valence-electron chi connectivity index (χ0n) is 6.50. The number of aliphatic hydroxyl groups is 2. The molecule has 1 heterocycles. The summed E-state index contributed by atoms with van der Waals surface area (Å²) in [5.74, 6) is 0. The second kappa shape index (κ2) is 4.54. The molecular formula is C8H10BrNO2. The summed E-state index contributed by atoms with van der Waals surface area (Å²) in [6, 6.07) is 1.80. The Bertz CT molecular complexity index is 265. The highest BCUT2D eigenvalue weighted by Gasteiger charge is 2.02. The van der Waals surface area contributed by atoms with Gasteiger partial charge in [-0.1, -0.05) is 0 Å². The first-order valence-electron chi connectivity index (χ1n) is 3.63. The van der Waals surface area contributed by atoms with Gasteiger partial charge in [-0.25, -0.2) is 0 Å². The number of aliphatic hydroxyl groups excluding tert-OH is 2. The van der Waals surface area contributed by atoms with E-state index in [1.165, 1.54) is 0 Å². The molecule has 0 atom stereocenters. The van der Waals surface area contributed by atoms with Crippen LogP contribution in [0, 0.1) is 0 Å². The fraction of sp³-hybridized carbons (Fsp3) is 0.375. The van der Waals surface area contributed by atoms with Crippen LogP contribution in [0.2, 0.25) is 0 Å². The molecule has 0 saturated heterocycles. The maximum absolute atomic E-state index is 8.93. The van der Waals surface area contributed by atoms with Crippen LogP contribution in [0.15, 0.2) is 16.7 Å². The largest absolute Gasteiger partial charge is 0.396 e. The molecule has 2 N–H and O–H groups in total. The molecule has 1 aromatic heterocycles. The third-order valence-electron chi connectivity index (χ3n) is 1.55. The van der Waals surface area contributed by atoms with Crippen LogP contribution in [-0.2, 0) is 13.0 Å². The van der Waals surface area contributed by atoms with E-state index in [-0.39, 0.29) is 13.2 Å². The molecule has 0 aromatic carbocycles. The third kappa shape index (κ3) is 2.27.